The van der Waals surface area contributed by atoms with Crippen LogP contribution >= 0.6 is 11.3 Å². The van der Waals surface area contributed by atoms with Crippen molar-refractivity contribution in [1.82, 2.24) is 4.72 Å². The van der Waals surface area contributed by atoms with Gasteiger partial charge < -0.3 is 14.8 Å². The molecule has 180 valence electrons. The Morgan fingerprint density at radius 1 is 0.971 bits per heavy atom. The second-order valence-electron chi connectivity index (χ2n) is 8.13. The number of ether oxygens (including phenoxy) is 2. The smallest absolute Gasteiger partial charge is 0.422 e. The van der Waals surface area contributed by atoms with Crippen molar-refractivity contribution in [3.05, 3.63) is 65.5 Å². The van der Waals surface area contributed by atoms with Crippen molar-refractivity contribution in [3.63, 3.8) is 0 Å². The van der Waals surface area contributed by atoms with Gasteiger partial charge in [0.1, 0.15) is 11.4 Å². The fraction of sp³-hybridized carbons (Fsp3) is 0.217. The number of thiophene rings is 1. The highest BCUT2D eigenvalue weighted by molar-refractivity contribution is 7.91. The fourth-order valence-corrected chi connectivity index (χ4v) is 4.35. The van der Waals surface area contributed by atoms with Crippen LogP contribution in [0, 0.1) is 0 Å². The molecule has 0 aliphatic rings. The standard InChI is InChI=1S/C23H25N3O6S2/c1-23(2,3)32-22(28)26-34(29,30)25-18-12-9-16(20-6-5-13-33-20)14-19(18)24-21(27)15-7-10-17(31-4)11-8-15/h5-14,25H,1-4H3,(H,24,27)(H,26,28). The molecule has 0 aliphatic heterocycles. The number of amides is 2. The Balaban J connectivity index is 1.88. The second-order valence-corrected chi connectivity index (χ2v) is 10.5. The molecule has 1 heterocycles. The largest absolute Gasteiger partial charge is 0.497 e. The number of anilines is 2. The molecule has 0 atom stereocenters. The van der Waals surface area contributed by atoms with Gasteiger partial charge in [0.25, 0.3) is 5.91 Å². The Bertz CT molecular complexity index is 1270. The summed E-state index contributed by atoms with van der Waals surface area (Å²) in [7, 11) is -2.82. The molecule has 0 aliphatic carbocycles. The highest BCUT2D eigenvalue weighted by atomic mass is 32.2. The lowest BCUT2D eigenvalue weighted by Gasteiger charge is -2.20. The van der Waals surface area contributed by atoms with Crippen molar-refractivity contribution < 1.29 is 27.5 Å². The van der Waals surface area contributed by atoms with E-state index in [0.29, 0.717) is 11.3 Å². The van der Waals surface area contributed by atoms with Gasteiger partial charge >= 0.3 is 16.3 Å². The Hall–Kier alpha value is -3.57. The van der Waals surface area contributed by atoms with Crippen LogP contribution in [0.15, 0.2) is 60.0 Å². The molecule has 3 aromatic rings. The Morgan fingerprint density at radius 2 is 1.68 bits per heavy atom. The maximum absolute atomic E-state index is 12.8. The number of hydrogen-bond acceptors (Lipinski definition) is 7. The van der Waals surface area contributed by atoms with Crippen LogP contribution in [0.1, 0.15) is 31.1 Å². The third-order valence-corrected chi connectivity index (χ3v) is 6.13. The van der Waals surface area contributed by atoms with Crippen LogP contribution in [-0.4, -0.2) is 33.1 Å². The molecule has 0 unspecified atom stereocenters. The summed E-state index contributed by atoms with van der Waals surface area (Å²) >= 11 is 1.50. The van der Waals surface area contributed by atoms with Crippen molar-refractivity contribution >= 4 is 44.9 Å². The van der Waals surface area contributed by atoms with E-state index in [-0.39, 0.29) is 11.4 Å². The quantitative estimate of drug-likeness (QED) is 0.423. The Kier molecular flexibility index (Phi) is 7.48. The highest BCUT2D eigenvalue weighted by Gasteiger charge is 2.22. The van der Waals surface area contributed by atoms with Crippen LogP contribution in [0.5, 0.6) is 5.75 Å². The summed E-state index contributed by atoms with van der Waals surface area (Å²) in [6.45, 7) is 4.84. The number of carbonyl (C=O) groups excluding carboxylic acids is 2. The van der Waals surface area contributed by atoms with Gasteiger partial charge in [0, 0.05) is 10.4 Å². The maximum Gasteiger partial charge on any atom is 0.422 e. The van der Waals surface area contributed by atoms with E-state index in [0.717, 1.165) is 10.4 Å². The maximum atomic E-state index is 12.8. The van der Waals surface area contributed by atoms with Gasteiger partial charge in [-0.15, -0.1) is 11.3 Å². The summed E-state index contributed by atoms with van der Waals surface area (Å²) in [5.41, 5.74) is 0.532. The van der Waals surface area contributed by atoms with E-state index < -0.39 is 27.8 Å². The summed E-state index contributed by atoms with van der Waals surface area (Å²) < 4.78 is 39.3. The van der Waals surface area contributed by atoms with E-state index in [1.54, 1.807) is 61.9 Å². The molecule has 11 heteroatoms. The minimum absolute atomic E-state index is 0.0678. The molecule has 0 saturated heterocycles. The van der Waals surface area contributed by atoms with Crippen LogP contribution in [0.3, 0.4) is 0 Å². The number of carbonyl (C=O) groups is 2. The van der Waals surface area contributed by atoms with Gasteiger partial charge in [0.15, 0.2) is 0 Å². The first-order valence-electron chi connectivity index (χ1n) is 10.1. The van der Waals surface area contributed by atoms with Crippen molar-refractivity contribution in [3.8, 4) is 16.2 Å². The Labute approximate surface area is 202 Å². The van der Waals surface area contributed by atoms with Gasteiger partial charge in [-0.05, 0) is 74.2 Å². The number of rotatable bonds is 7. The molecule has 34 heavy (non-hydrogen) atoms. The van der Waals surface area contributed by atoms with Gasteiger partial charge in [-0.25, -0.2) is 9.52 Å². The highest BCUT2D eigenvalue weighted by Crippen LogP contribution is 2.32. The average Bonchev–Trinajstić information content (AvgIpc) is 3.28. The van der Waals surface area contributed by atoms with E-state index in [2.05, 4.69) is 10.0 Å². The predicted molar refractivity (Wildman–Crippen MR) is 133 cm³/mol. The number of benzene rings is 2. The van der Waals surface area contributed by atoms with Gasteiger partial charge in [-0.3, -0.25) is 9.52 Å². The van der Waals surface area contributed by atoms with E-state index >= 15 is 0 Å². The van der Waals surface area contributed by atoms with Crippen molar-refractivity contribution in [1.29, 1.82) is 0 Å². The number of nitrogens with one attached hydrogen (secondary N) is 3. The fourth-order valence-electron chi connectivity index (χ4n) is 2.85. The normalized spacial score (nSPS) is 11.4. The first-order chi connectivity index (χ1) is 16.0. The molecule has 0 saturated carbocycles. The third-order valence-electron chi connectivity index (χ3n) is 4.29. The lowest BCUT2D eigenvalue weighted by molar-refractivity contribution is 0.0570. The zero-order valence-electron chi connectivity index (χ0n) is 19.0. The van der Waals surface area contributed by atoms with E-state index in [4.69, 9.17) is 9.47 Å². The van der Waals surface area contributed by atoms with Gasteiger partial charge in [0.2, 0.25) is 0 Å². The van der Waals surface area contributed by atoms with Crippen LogP contribution in [0.25, 0.3) is 10.4 Å². The summed E-state index contributed by atoms with van der Waals surface area (Å²) in [4.78, 5) is 25.7. The molecule has 0 spiro atoms. The summed E-state index contributed by atoms with van der Waals surface area (Å²) in [6, 6.07) is 15.1. The van der Waals surface area contributed by atoms with Crippen molar-refractivity contribution in [2.45, 2.75) is 26.4 Å². The van der Waals surface area contributed by atoms with E-state index in [1.807, 2.05) is 17.5 Å². The summed E-state index contributed by atoms with van der Waals surface area (Å²) in [5.74, 6) is 0.143. The molecule has 3 rings (SSSR count). The molecule has 0 fully saturated rings. The van der Waals surface area contributed by atoms with Crippen molar-refractivity contribution in [2.75, 3.05) is 17.1 Å². The van der Waals surface area contributed by atoms with Crippen LogP contribution < -0.4 is 19.5 Å². The SMILES string of the molecule is COc1ccc(C(=O)Nc2cc(-c3cccs3)ccc2NS(=O)(=O)NC(=O)OC(C)(C)C)cc1. The first-order valence-corrected chi connectivity index (χ1v) is 12.5. The zero-order chi connectivity index (χ0) is 24.9. The molecule has 0 bridgehead atoms. The van der Waals surface area contributed by atoms with Crippen LogP contribution in [-0.2, 0) is 14.9 Å². The van der Waals surface area contributed by atoms with Gasteiger partial charge in [-0.1, -0.05) is 12.1 Å². The van der Waals surface area contributed by atoms with Crippen LogP contribution in [0.4, 0.5) is 16.2 Å². The van der Waals surface area contributed by atoms with Gasteiger partial charge in [0.05, 0.1) is 18.5 Å². The average molecular weight is 504 g/mol. The molecular formula is C23H25N3O6S2. The lowest BCUT2D eigenvalue weighted by Crippen LogP contribution is -2.39. The number of hydrogen-bond donors (Lipinski definition) is 3. The predicted octanol–water partition coefficient (Wildman–Crippen LogP) is 4.86. The zero-order valence-corrected chi connectivity index (χ0v) is 20.7. The molecule has 3 N–H and O–H groups in total. The monoisotopic (exact) mass is 503 g/mol. The third kappa shape index (κ3) is 6.96. The van der Waals surface area contributed by atoms with Crippen molar-refractivity contribution in [2.24, 2.45) is 0 Å². The molecule has 2 amide bonds. The summed E-state index contributed by atoms with van der Waals surface area (Å²) in [6.07, 6.45) is -1.13. The lowest BCUT2D eigenvalue weighted by atomic mass is 10.1. The second kappa shape index (κ2) is 10.1. The van der Waals surface area contributed by atoms with E-state index in [1.165, 1.54) is 24.5 Å². The Morgan fingerprint density at radius 3 is 2.26 bits per heavy atom. The number of methoxy groups -OCH3 is 1. The topological polar surface area (TPSA) is 123 Å². The molecule has 1 aromatic heterocycles. The summed E-state index contributed by atoms with van der Waals surface area (Å²) in [5, 5.41) is 4.64. The minimum Gasteiger partial charge on any atom is -0.497 e. The first kappa shape index (κ1) is 25.1. The van der Waals surface area contributed by atoms with Gasteiger partial charge in [-0.2, -0.15) is 8.42 Å². The molecule has 2 aromatic carbocycles. The molecule has 9 nitrogen and oxygen atoms in total. The van der Waals surface area contributed by atoms with E-state index in [9.17, 15) is 18.0 Å². The molecular weight excluding hydrogens is 478 g/mol. The molecule has 0 radical (unpaired) electrons. The van der Waals surface area contributed by atoms with Crippen LogP contribution in [0.2, 0.25) is 0 Å². The minimum atomic E-state index is -4.34.